The lowest BCUT2D eigenvalue weighted by Gasteiger charge is -2.18. The van der Waals surface area contributed by atoms with Gasteiger partial charge in [0.15, 0.2) is 4.73 Å². The highest BCUT2D eigenvalue weighted by Crippen LogP contribution is 2.27. The van der Waals surface area contributed by atoms with Crippen molar-refractivity contribution in [2.75, 3.05) is 0 Å². The Kier molecular flexibility index (Phi) is 3.48. The molecule has 0 spiro atoms. The Morgan fingerprint density at radius 1 is 1.11 bits per heavy atom. The van der Waals surface area contributed by atoms with E-state index in [9.17, 15) is 4.39 Å². The molecule has 0 atom stereocenters. The standard InChI is InChI=1S/C14H14BrFN2/c1-14(2,3)12-8-11(17-13(15)18-12)9-6-4-5-7-10(9)16/h4-8H,1-3H3. The summed E-state index contributed by atoms with van der Waals surface area (Å²) in [4.78, 5) is 8.59. The highest BCUT2D eigenvalue weighted by atomic mass is 79.9. The number of benzene rings is 1. The first kappa shape index (κ1) is 13.1. The third-order valence-corrected chi connectivity index (χ3v) is 2.97. The van der Waals surface area contributed by atoms with E-state index in [-0.39, 0.29) is 11.2 Å². The van der Waals surface area contributed by atoms with Crippen molar-refractivity contribution in [3.63, 3.8) is 0 Å². The fraction of sp³-hybridized carbons (Fsp3) is 0.286. The molecule has 0 saturated carbocycles. The van der Waals surface area contributed by atoms with E-state index in [1.807, 2.05) is 6.07 Å². The van der Waals surface area contributed by atoms with Gasteiger partial charge in [0.2, 0.25) is 0 Å². The SMILES string of the molecule is CC(C)(C)c1cc(-c2ccccc2F)nc(Br)n1. The van der Waals surface area contributed by atoms with E-state index in [0.717, 1.165) is 5.69 Å². The van der Waals surface area contributed by atoms with Crippen LogP contribution in [0.2, 0.25) is 0 Å². The van der Waals surface area contributed by atoms with E-state index in [1.165, 1.54) is 6.07 Å². The summed E-state index contributed by atoms with van der Waals surface area (Å²) in [6.07, 6.45) is 0. The number of nitrogens with zero attached hydrogens (tertiary/aromatic N) is 2. The van der Waals surface area contributed by atoms with Crippen LogP contribution in [0.3, 0.4) is 0 Å². The fourth-order valence-corrected chi connectivity index (χ4v) is 1.99. The van der Waals surface area contributed by atoms with Gasteiger partial charge in [0.25, 0.3) is 0 Å². The van der Waals surface area contributed by atoms with E-state index in [0.29, 0.717) is 16.0 Å². The molecular formula is C14H14BrFN2. The highest BCUT2D eigenvalue weighted by molar-refractivity contribution is 9.10. The molecule has 0 radical (unpaired) electrons. The zero-order valence-electron chi connectivity index (χ0n) is 10.5. The number of rotatable bonds is 1. The molecule has 0 N–H and O–H groups in total. The van der Waals surface area contributed by atoms with E-state index < -0.39 is 0 Å². The summed E-state index contributed by atoms with van der Waals surface area (Å²) in [5.74, 6) is -0.275. The van der Waals surface area contributed by atoms with Gasteiger partial charge in [-0.3, -0.25) is 0 Å². The molecule has 0 aliphatic rings. The number of halogens is 2. The van der Waals surface area contributed by atoms with Gasteiger partial charge in [-0.05, 0) is 34.1 Å². The van der Waals surface area contributed by atoms with Crippen LogP contribution in [-0.4, -0.2) is 9.97 Å². The van der Waals surface area contributed by atoms with Gasteiger partial charge in [-0.25, -0.2) is 14.4 Å². The first-order chi connectivity index (χ1) is 8.38. The highest BCUT2D eigenvalue weighted by Gasteiger charge is 2.18. The maximum absolute atomic E-state index is 13.8. The largest absolute Gasteiger partial charge is 0.227 e. The normalized spacial score (nSPS) is 11.6. The first-order valence-corrected chi connectivity index (χ1v) is 6.47. The van der Waals surface area contributed by atoms with Crippen molar-refractivity contribution in [1.82, 2.24) is 9.97 Å². The van der Waals surface area contributed by atoms with Gasteiger partial charge in [0, 0.05) is 11.0 Å². The third kappa shape index (κ3) is 2.75. The van der Waals surface area contributed by atoms with Crippen LogP contribution in [0.1, 0.15) is 26.5 Å². The smallest absolute Gasteiger partial charge is 0.197 e. The molecule has 2 rings (SSSR count). The lowest BCUT2D eigenvalue weighted by molar-refractivity contribution is 0.565. The second-order valence-electron chi connectivity index (χ2n) is 5.14. The Labute approximate surface area is 114 Å². The van der Waals surface area contributed by atoms with Crippen LogP contribution in [0, 0.1) is 5.82 Å². The van der Waals surface area contributed by atoms with Crippen molar-refractivity contribution in [3.8, 4) is 11.3 Å². The van der Waals surface area contributed by atoms with E-state index in [1.54, 1.807) is 18.2 Å². The lowest BCUT2D eigenvalue weighted by Crippen LogP contribution is -2.14. The molecule has 94 valence electrons. The van der Waals surface area contributed by atoms with Crippen LogP contribution < -0.4 is 0 Å². The monoisotopic (exact) mass is 308 g/mol. The van der Waals surface area contributed by atoms with Crippen LogP contribution in [0.15, 0.2) is 35.1 Å². The molecule has 18 heavy (non-hydrogen) atoms. The van der Waals surface area contributed by atoms with Gasteiger partial charge in [-0.1, -0.05) is 32.9 Å². The average molecular weight is 309 g/mol. The number of hydrogen-bond donors (Lipinski definition) is 0. The van der Waals surface area contributed by atoms with Gasteiger partial charge in [0.1, 0.15) is 5.82 Å². The van der Waals surface area contributed by atoms with Crippen LogP contribution in [0.4, 0.5) is 4.39 Å². The second kappa shape index (κ2) is 4.76. The summed E-state index contributed by atoms with van der Waals surface area (Å²) < 4.78 is 14.2. The molecule has 0 fully saturated rings. The predicted octanol–water partition coefficient (Wildman–Crippen LogP) is 4.34. The molecule has 0 aliphatic carbocycles. The molecule has 1 aromatic carbocycles. The summed E-state index contributed by atoms with van der Waals surface area (Å²) >= 11 is 3.28. The van der Waals surface area contributed by atoms with Gasteiger partial charge >= 0.3 is 0 Å². The minimum Gasteiger partial charge on any atom is -0.227 e. The van der Waals surface area contributed by atoms with Crippen LogP contribution in [0.25, 0.3) is 11.3 Å². The first-order valence-electron chi connectivity index (χ1n) is 5.68. The zero-order chi connectivity index (χ0) is 13.3. The quantitative estimate of drug-likeness (QED) is 0.732. The summed E-state index contributed by atoms with van der Waals surface area (Å²) in [5, 5.41) is 0. The average Bonchev–Trinajstić information content (AvgIpc) is 2.27. The number of aromatic nitrogens is 2. The molecule has 0 aliphatic heterocycles. The lowest BCUT2D eigenvalue weighted by atomic mass is 9.91. The summed E-state index contributed by atoms with van der Waals surface area (Å²) in [6.45, 7) is 6.19. The Morgan fingerprint density at radius 2 is 1.78 bits per heavy atom. The minimum atomic E-state index is -0.275. The molecule has 1 heterocycles. The molecule has 1 aromatic heterocycles. The second-order valence-corrected chi connectivity index (χ2v) is 5.85. The van der Waals surface area contributed by atoms with Crippen molar-refractivity contribution in [1.29, 1.82) is 0 Å². The van der Waals surface area contributed by atoms with Crippen molar-refractivity contribution in [2.24, 2.45) is 0 Å². The maximum Gasteiger partial charge on any atom is 0.197 e. The molecule has 2 nitrogen and oxygen atoms in total. The predicted molar refractivity (Wildman–Crippen MR) is 73.8 cm³/mol. The summed E-state index contributed by atoms with van der Waals surface area (Å²) in [6, 6.07) is 8.45. The van der Waals surface area contributed by atoms with E-state index in [4.69, 9.17) is 0 Å². The molecule has 2 aromatic rings. The Balaban J connectivity index is 2.60. The Hall–Kier alpha value is -1.29. The summed E-state index contributed by atoms with van der Waals surface area (Å²) in [5.41, 5.74) is 1.86. The van der Waals surface area contributed by atoms with Gasteiger partial charge in [0.05, 0.1) is 11.4 Å². The maximum atomic E-state index is 13.8. The number of hydrogen-bond acceptors (Lipinski definition) is 2. The van der Waals surface area contributed by atoms with Gasteiger partial charge in [-0.2, -0.15) is 0 Å². The van der Waals surface area contributed by atoms with Crippen molar-refractivity contribution in [3.05, 3.63) is 46.6 Å². The third-order valence-electron chi connectivity index (χ3n) is 2.62. The van der Waals surface area contributed by atoms with E-state index >= 15 is 0 Å². The van der Waals surface area contributed by atoms with Crippen molar-refractivity contribution >= 4 is 15.9 Å². The Bertz CT molecular complexity index is 576. The van der Waals surface area contributed by atoms with E-state index in [2.05, 4.69) is 46.7 Å². The molecule has 0 bridgehead atoms. The van der Waals surface area contributed by atoms with Crippen LogP contribution in [-0.2, 0) is 5.41 Å². The minimum absolute atomic E-state index is 0.106. The topological polar surface area (TPSA) is 25.8 Å². The van der Waals surface area contributed by atoms with Crippen molar-refractivity contribution in [2.45, 2.75) is 26.2 Å². The van der Waals surface area contributed by atoms with Gasteiger partial charge in [-0.15, -0.1) is 0 Å². The molecule has 0 unspecified atom stereocenters. The molecule has 4 heteroatoms. The zero-order valence-corrected chi connectivity index (χ0v) is 12.1. The van der Waals surface area contributed by atoms with Crippen molar-refractivity contribution < 1.29 is 4.39 Å². The van der Waals surface area contributed by atoms with Crippen LogP contribution >= 0.6 is 15.9 Å². The van der Waals surface area contributed by atoms with Gasteiger partial charge < -0.3 is 0 Å². The molecule has 0 amide bonds. The molecule has 0 saturated heterocycles. The Morgan fingerprint density at radius 3 is 2.39 bits per heavy atom. The molecular weight excluding hydrogens is 295 g/mol. The fourth-order valence-electron chi connectivity index (χ4n) is 1.61. The summed E-state index contributed by atoms with van der Waals surface area (Å²) in [7, 11) is 0. The van der Waals surface area contributed by atoms with Crippen LogP contribution in [0.5, 0.6) is 0 Å².